The van der Waals surface area contributed by atoms with Crippen LogP contribution in [0.15, 0.2) is 226 Å². The number of benzene rings is 8. The van der Waals surface area contributed by atoms with Gasteiger partial charge in [-0.2, -0.15) is 31.3 Å². The van der Waals surface area contributed by atoms with E-state index in [0.717, 1.165) is 81.7 Å². The molecule has 4 aliphatic carbocycles. The van der Waals surface area contributed by atoms with Crippen LogP contribution in [0.2, 0.25) is 0 Å². The lowest BCUT2D eigenvalue weighted by Gasteiger charge is -2.12. The van der Waals surface area contributed by atoms with Gasteiger partial charge in [0.2, 0.25) is 5.88 Å². The van der Waals surface area contributed by atoms with Gasteiger partial charge in [0.25, 0.3) is 0 Å². The summed E-state index contributed by atoms with van der Waals surface area (Å²) in [6.45, 7) is 0. The van der Waals surface area contributed by atoms with Gasteiger partial charge in [0.15, 0.2) is 28.7 Å². The Morgan fingerprint density at radius 3 is 1.31 bits per heavy atom. The second-order valence-corrected chi connectivity index (χ2v) is 32.1. The number of alkyl halides is 6. The maximum atomic E-state index is 13.8. The van der Waals surface area contributed by atoms with Crippen molar-refractivity contribution in [3.63, 3.8) is 0 Å². The second kappa shape index (κ2) is 33.8. The van der Waals surface area contributed by atoms with Crippen LogP contribution in [0.25, 0.3) is 22.3 Å². The summed E-state index contributed by atoms with van der Waals surface area (Å²) in [5.41, 5.74) is 4.69. The number of carbonyl (C=O) groups is 4. The van der Waals surface area contributed by atoms with Crippen molar-refractivity contribution >= 4 is 45.5 Å². The summed E-state index contributed by atoms with van der Waals surface area (Å²) in [6, 6.07) is 43.0. The first-order valence-corrected chi connectivity index (χ1v) is 40.5. The average molecular weight is 1750 g/mol. The molecule has 6 aromatic heterocycles. The molecule has 12 atom stereocenters. The number of ketones is 4. The molecule has 648 valence electrons. The molecule has 21 nitrogen and oxygen atoms in total. The molecule has 128 heavy (non-hydrogen) atoms. The highest BCUT2D eigenvalue weighted by Gasteiger charge is 2.62. The van der Waals surface area contributed by atoms with Crippen LogP contribution < -0.4 is 37.9 Å². The Hall–Kier alpha value is -14.5. The fourth-order valence-electron chi connectivity index (χ4n) is 17.4. The van der Waals surface area contributed by atoms with E-state index in [2.05, 4.69) is 44.9 Å². The number of halogens is 12. The van der Waals surface area contributed by atoms with E-state index in [1.807, 2.05) is 60.7 Å². The smallest absolute Gasteiger partial charge is 0.419 e. The number of hydrogen-bond donors (Lipinski definition) is 2. The van der Waals surface area contributed by atoms with E-state index in [4.69, 9.17) is 37.9 Å². The van der Waals surface area contributed by atoms with Crippen LogP contribution in [0.1, 0.15) is 105 Å². The largest absolute Gasteiger partial charge is 0.489 e. The van der Waals surface area contributed by atoms with Gasteiger partial charge in [-0.25, -0.2) is 46.3 Å². The van der Waals surface area contributed by atoms with Crippen LogP contribution in [0.3, 0.4) is 0 Å². The zero-order chi connectivity index (χ0) is 88.6. The fraction of sp³-hybridized carbons (Fsp3) is 0.232. The van der Waals surface area contributed by atoms with Crippen molar-refractivity contribution in [3.05, 3.63) is 316 Å². The summed E-state index contributed by atoms with van der Waals surface area (Å²) in [5, 5.41) is 0. The molecule has 0 bridgehead atoms. The molecule has 4 fully saturated rings. The lowest BCUT2D eigenvalue weighted by molar-refractivity contribution is -0.140. The topological polar surface area (TPSA) is 264 Å². The number of pyridine rings is 3. The van der Waals surface area contributed by atoms with E-state index in [1.54, 1.807) is 79.5 Å². The van der Waals surface area contributed by atoms with E-state index >= 15 is 0 Å². The molecule has 4 aliphatic heterocycles. The van der Waals surface area contributed by atoms with Crippen molar-refractivity contribution in [1.82, 2.24) is 44.9 Å². The van der Waals surface area contributed by atoms with Crippen LogP contribution in [0.4, 0.5) is 52.7 Å². The molecule has 0 saturated heterocycles. The van der Waals surface area contributed by atoms with Gasteiger partial charge < -0.3 is 47.9 Å². The van der Waals surface area contributed by atoms with Crippen molar-refractivity contribution in [2.24, 2.45) is 23.7 Å². The molecule has 0 unspecified atom stereocenters. The molecule has 10 heterocycles. The van der Waals surface area contributed by atoms with Gasteiger partial charge >= 0.3 is 12.4 Å². The number of H-pyrrole nitrogens is 2. The van der Waals surface area contributed by atoms with Crippen LogP contribution in [0.5, 0.6) is 69.1 Å². The summed E-state index contributed by atoms with van der Waals surface area (Å²) in [7, 11) is 0. The number of imidazole rings is 2. The Morgan fingerprint density at radius 1 is 0.359 bits per heavy atom. The SMILES string of the molecule is O=C(Cc1cc(F)c(F)cc1F)C[C@@H]1[C@H]2Oc3ccc(Oc4ccncc4)cc3[C@@H]12.O=C(Cc1ccc(F)c(C(F)(F)F)c1)C[C@@H]1[C@H]2Oc3ccc(Oc4ccnc5nc[nH]c45)cc3[C@@H]12.O=C(Cc1ccc(F)cc1F)C[C@@H]1[C@H]2Oc3ccc(Oc4ncnc5nc[nH]c45)cc3[C@@H]12.O=C(Cc1cccc(C(F)(F)F)c1)C[C@@H]1[C@H]2Oc3ccc(Oc4ccncc4)cc3[C@@H]12. The summed E-state index contributed by atoms with van der Waals surface area (Å²) in [4.78, 5) is 84.5. The molecule has 0 spiro atoms. The molecule has 33 heteroatoms. The normalized spacial score (nSPS) is 20.7. The highest BCUT2D eigenvalue weighted by Crippen LogP contribution is 2.64. The monoisotopic (exact) mass is 1750 g/mol. The Kier molecular flexibility index (Phi) is 21.9. The Balaban J connectivity index is 0.000000111. The number of aromatic nitrogens is 9. The molecule has 14 aromatic rings. The third kappa shape index (κ3) is 17.7. The Morgan fingerprint density at radius 2 is 0.812 bits per heavy atom. The highest BCUT2D eigenvalue weighted by atomic mass is 19.4. The summed E-state index contributed by atoms with van der Waals surface area (Å²) in [5.74, 6) is 1.42. The minimum Gasteiger partial charge on any atom is -0.489 e. The number of nitrogens with one attached hydrogen (secondary N) is 2. The first kappa shape index (κ1) is 83.0. The van der Waals surface area contributed by atoms with Crippen molar-refractivity contribution in [3.8, 4) is 69.1 Å². The van der Waals surface area contributed by atoms with E-state index in [1.165, 1.54) is 37.2 Å². The van der Waals surface area contributed by atoms with Gasteiger partial charge in [0.1, 0.15) is 146 Å². The van der Waals surface area contributed by atoms with Crippen molar-refractivity contribution < 1.29 is 110 Å². The summed E-state index contributed by atoms with van der Waals surface area (Å²) < 4.78 is 206. The number of nitrogens with zero attached hydrogens (tertiary/aromatic N) is 7. The molecule has 8 aromatic carbocycles. The first-order valence-electron chi connectivity index (χ1n) is 40.5. The fourth-order valence-corrected chi connectivity index (χ4v) is 17.4. The number of Topliss-reactive ketones (excluding diaryl/α,β-unsaturated/α-hetero) is 4. The van der Waals surface area contributed by atoms with Crippen LogP contribution >= 0.6 is 0 Å². The van der Waals surface area contributed by atoms with Crippen LogP contribution in [-0.2, 0) is 57.2 Å². The van der Waals surface area contributed by atoms with Crippen molar-refractivity contribution in [2.75, 3.05) is 0 Å². The summed E-state index contributed by atoms with van der Waals surface area (Å²) >= 11 is 0. The van der Waals surface area contributed by atoms with Gasteiger partial charge in [-0.15, -0.1) is 0 Å². The second-order valence-electron chi connectivity index (χ2n) is 32.1. The van der Waals surface area contributed by atoms with Crippen molar-refractivity contribution in [1.29, 1.82) is 0 Å². The zero-order valence-corrected chi connectivity index (χ0v) is 66.5. The van der Waals surface area contributed by atoms with E-state index in [9.17, 15) is 71.9 Å². The van der Waals surface area contributed by atoms with Crippen LogP contribution in [0, 0.1) is 58.6 Å². The third-order valence-electron chi connectivity index (χ3n) is 23.6. The molecule has 22 rings (SSSR count). The van der Waals surface area contributed by atoms with E-state index < -0.39 is 58.4 Å². The van der Waals surface area contributed by atoms with E-state index in [-0.39, 0.29) is 163 Å². The van der Waals surface area contributed by atoms with E-state index in [0.29, 0.717) is 86.2 Å². The number of aromatic amines is 2. The number of rotatable bonds is 24. The predicted octanol–water partition coefficient (Wildman–Crippen LogP) is 20.2. The van der Waals surface area contributed by atoms with Gasteiger partial charge in [-0.05, 0) is 150 Å². The average Bonchev–Trinajstić information content (AvgIpc) is 1.57. The molecule has 2 N–H and O–H groups in total. The van der Waals surface area contributed by atoms with Crippen LogP contribution in [-0.4, -0.2) is 92.4 Å². The molecule has 8 aliphatic rings. The molecule has 0 radical (unpaired) electrons. The van der Waals surface area contributed by atoms with Gasteiger partial charge in [0.05, 0.1) is 23.8 Å². The van der Waals surface area contributed by atoms with Gasteiger partial charge in [-0.1, -0.05) is 30.3 Å². The number of hydrogen-bond acceptors (Lipinski definition) is 19. The number of ether oxygens (including phenoxy) is 8. The lowest BCUT2D eigenvalue weighted by Crippen LogP contribution is -2.11. The molecular weight excluding hydrogens is 1690 g/mol. The highest BCUT2D eigenvalue weighted by molar-refractivity contribution is 5.85. The first-order chi connectivity index (χ1) is 61.7. The third-order valence-corrected chi connectivity index (χ3v) is 23.6. The Labute approximate surface area is 717 Å². The minimum absolute atomic E-state index is 0.0149. The number of carbonyl (C=O) groups excluding carboxylic acids is 4. The summed E-state index contributed by atoms with van der Waals surface area (Å²) in [6.07, 6.45) is 3.36. The van der Waals surface area contributed by atoms with Gasteiger partial charge in [0, 0.05) is 170 Å². The number of fused-ring (bicyclic) bond motifs is 14. The molecular formula is C95H67F12N9O12. The molecule has 0 amide bonds. The molecule has 4 saturated carbocycles. The lowest BCUT2D eigenvalue weighted by atomic mass is 10.00. The quantitative estimate of drug-likeness (QED) is 0.0420. The minimum atomic E-state index is -4.81. The van der Waals surface area contributed by atoms with Gasteiger partial charge in [-0.3, -0.25) is 29.1 Å². The zero-order valence-electron chi connectivity index (χ0n) is 66.5. The van der Waals surface area contributed by atoms with Crippen molar-refractivity contribution in [2.45, 2.75) is 112 Å². The predicted molar refractivity (Wildman–Crippen MR) is 432 cm³/mol. The maximum absolute atomic E-state index is 13.8. The standard InChI is InChI=1S/C25H17F4N3O3.C24H18F3NO3.C23H16F3NO3.C23H16F2N4O3/c26-18-3-1-12(8-17(18)25(27,28)29)7-13(33)9-16-21-15-10-14(2-4-19(15)35-23(16)21)34-20-5-6-30-24-22(20)31-11-32-24;25-24(26,27)15-3-1-2-14(10-15)11-16(29)12-20-22-19-13-18(4-5-21(19)31-23(20)22)30-17-6-8-28-9-7-17;24-18-11-20(26)19(25)8-12(18)7-13(28)9-17-22-16-10-15(1-2-21(16)30-23(17)22)29-14-3-5-27-6-4-14;24-12-2-1-11(17(25)6-12)5-13(30)7-16-19-15-8-14(3-4-18(15)32-21(16)19)31-23-20-22(27-9-26-20)28-10-29-23/h1-6,8,10-11,16,21,23H,7,9H2,(H,30,31,32);1-10,13,20,22-23H,11-12H2;1-6,8,10-11,17,22-23H,7,9H2;1-4,6,8-10,16,19,21H,5,7H2,(H,26,27,28,29)/t16-,21-,23+;20-,22-,23+;17-,22-,23+;16-,19-,21+/m0000/s1. The maximum Gasteiger partial charge on any atom is 0.419 e. The Bertz CT molecular complexity index is 6690.